The third kappa shape index (κ3) is 5.51. The molecule has 1 aliphatic rings. The van der Waals surface area contributed by atoms with Crippen molar-refractivity contribution in [2.45, 2.75) is 46.2 Å². The van der Waals surface area contributed by atoms with Gasteiger partial charge in [0.05, 0.1) is 19.8 Å². The van der Waals surface area contributed by atoms with Gasteiger partial charge in [0.25, 0.3) is 0 Å². The first-order valence-electron chi connectivity index (χ1n) is 7.53. The Morgan fingerprint density at radius 2 is 1.74 bits per heavy atom. The lowest BCUT2D eigenvalue weighted by atomic mass is 9.84. The Balaban J connectivity index is 2.14. The fraction of sp³-hybridized carbons (Fsp3) is 1.00. The fourth-order valence-electron chi connectivity index (χ4n) is 2.36. The molecule has 0 atom stereocenters. The zero-order chi connectivity index (χ0) is 14.2. The van der Waals surface area contributed by atoms with Crippen molar-refractivity contribution in [2.75, 3.05) is 39.6 Å². The van der Waals surface area contributed by atoms with Crippen LogP contribution in [0.15, 0.2) is 0 Å². The molecule has 19 heavy (non-hydrogen) atoms. The molecule has 0 bridgehead atoms. The van der Waals surface area contributed by atoms with Gasteiger partial charge in [0.15, 0.2) is 0 Å². The average Bonchev–Trinajstić information content (AvgIpc) is 2.32. The van der Waals surface area contributed by atoms with Crippen molar-refractivity contribution in [3.63, 3.8) is 0 Å². The Hall–Kier alpha value is 0.0569. The molecular formula is C14H30O4Si. The maximum Gasteiger partial charge on any atom is 0.334 e. The molecule has 0 unspecified atom stereocenters. The number of ether oxygens (including phenoxy) is 2. The number of hydrogen-bond acceptors (Lipinski definition) is 4. The fourth-order valence-corrected chi connectivity index (χ4v) is 4.74. The third-order valence-corrected chi connectivity index (χ3v) is 6.85. The quantitative estimate of drug-likeness (QED) is 0.433. The van der Waals surface area contributed by atoms with Crippen LogP contribution in [0.5, 0.6) is 0 Å². The molecule has 1 aliphatic heterocycles. The van der Waals surface area contributed by atoms with Gasteiger partial charge in [-0.15, -0.1) is 0 Å². The Morgan fingerprint density at radius 3 is 2.16 bits per heavy atom. The summed E-state index contributed by atoms with van der Waals surface area (Å²) in [5.74, 6) is 0. The molecule has 5 heteroatoms. The Labute approximate surface area is 119 Å². The Kier molecular flexibility index (Phi) is 7.53. The maximum absolute atomic E-state index is 5.81. The van der Waals surface area contributed by atoms with E-state index in [4.69, 9.17) is 18.3 Å². The summed E-state index contributed by atoms with van der Waals surface area (Å²) < 4.78 is 22.7. The van der Waals surface area contributed by atoms with Crippen LogP contribution in [-0.2, 0) is 18.3 Å². The zero-order valence-corrected chi connectivity index (χ0v) is 14.0. The van der Waals surface area contributed by atoms with Gasteiger partial charge in [0.1, 0.15) is 0 Å². The monoisotopic (exact) mass is 290 g/mol. The number of rotatable bonds is 11. The topological polar surface area (TPSA) is 36.9 Å². The van der Waals surface area contributed by atoms with Crippen LogP contribution >= 0.6 is 0 Å². The normalized spacial score (nSPS) is 18.3. The summed E-state index contributed by atoms with van der Waals surface area (Å²) in [5.41, 5.74) is 0.292. The summed E-state index contributed by atoms with van der Waals surface area (Å²) in [6, 6.07) is 1.00. The van der Waals surface area contributed by atoms with Crippen molar-refractivity contribution in [2.24, 2.45) is 5.41 Å². The lowest BCUT2D eigenvalue weighted by Crippen LogP contribution is -2.45. The van der Waals surface area contributed by atoms with E-state index >= 15 is 0 Å². The van der Waals surface area contributed by atoms with Gasteiger partial charge in [-0.2, -0.15) is 0 Å². The molecule has 0 aromatic carbocycles. The molecule has 0 N–H and O–H groups in total. The van der Waals surface area contributed by atoms with Crippen LogP contribution in [0.4, 0.5) is 0 Å². The minimum absolute atomic E-state index is 0.292. The Bertz CT molecular complexity index is 232. The van der Waals surface area contributed by atoms with E-state index in [-0.39, 0.29) is 0 Å². The molecule has 114 valence electrons. The second-order valence-electron chi connectivity index (χ2n) is 5.50. The summed E-state index contributed by atoms with van der Waals surface area (Å²) >= 11 is 0. The lowest BCUT2D eigenvalue weighted by Gasteiger charge is -2.40. The minimum Gasteiger partial charge on any atom is -0.395 e. The van der Waals surface area contributed by atoms with Gasteiger partial charge < -0.3 is 18.3 Å². The van der Waals surface area contributed by atoms with Crippen LogP contribution in [0.3, 0.4) is 0 Å². The van der Waals surface area contributed by atoms with E-state index in [2.05, 4.69) is 13.5 Å². The molecule has 1 saturated heterocycles. The highest BCUT2D eigenvalue weighted by Gasteiger charge is 2.37. The average molecular weight is 290 g/mol. The van der Waals surface area contributed by atoms with Gasteiger partial charge in [-0.05, 0) is 39.3 Å². The van der Waals surface area contributed by atoms with Crippen LogP contribution in [0, 0.1) is 5.41 Å². The molecule has 1 rings (SSSR count). The van der Waals surface area contributed by atoms with Crippen LogP contribution < -0.4 is 0 Å². The molecule has 0 spiro atoms. The smallest absolute Gasteiger partial charge is 0.334 e. The molecule has 0 aromatic rings. The van der Waals surface area contributed by atoms with Crippen LogP contribution in [0.25, 0.3) is 0 Å². The van der Waals surface area contributed by atoms with Gasteiger partial charge in [-0.25, -0.2) is 0 Å². The summed E-state index contributed by atoms with van der Waals surface area (Å²) in [6.07, 6.45) is 2.15. The van der Waals surface area contributed by atoms with Crippen molar-refractivity contribution in [1.82, 2.24) is 0 Å². The van der Waals surface area contributed by atoms with Gasteiger partial charge >= 0.3 is 8.56 Å². The first-order chi connectivity index (χ1) is 9.10. The molecule has 0 amide bonds. The van der Waals surface area contributed by atoms with Crippen molar-refractivity contribution >= 4 is 8.56 Å². The second-order valence-corrected chi connectivity index (χ2v) is 8.85. The SMILES string of the molecule is CCO[Si](C)(CCCOCC1(CC)COC1)OCC. The molecule has 1 heterocycles. The first kappa shape index (κ1) is 17.1. The van der Waals surface area contributed by atoms with Crippen molar-refractivity contribution in [1.29, 1.82) is 0 Å². The predicted octanol–water partition coefficient (Wildman–Crippen LogP) is 2.96. The van der Waals surface area contributed by atoms with Crippen molar-refractivity contribution < 1.29 is 18.3 Å². The molecule has 4 nitrogen and oxygen atoms in total. The molecular weight excluding hydrogens is 260 g/mol. The van der Waals surface area contributed by atoms with Crippen LogP contribution in [-0.4, -0.2) is 48.2 Å². The summed E-state index contributed by atoms with van der Waals surface area (Å²) in [6.45, 7) is 13.2. The predicted molar refractivity (Wildman–Crippen MR) is 78.7 cm³/mol. The van der Waals surface area contributed by atoms with E-state index in [9.17, 15) is 0 Å². The zero-order valence-electron chi connectivity index (χ0n) is 13.0. The third-order valence-electron chi connectivity index (χ3n) is 3.79. The summed E-state index contributed by atoms with van der Waals surface area (Å²) in [5, 5.41) is 0. The van der Waals surface area contributed by atoms with E-state index in [0.717, 1.165) is 58.5 Å². The number of hydrogen-bond donors (Lipinski definition) is 0. The first-order valence-corrected chi connectivity index (χ1v) is 10.1. The van der Waals surface area contributed by atoms with Crippen LogP contribution in [0.1, 0.15) is 33.6 Å². The van der Waals surface area contributed by atoms with Gasteiger partial charge in [-0.3, -0.25) is 0 Å². The van der Waals surface area contributed by atoms with Gasteiger partial charge in [-0.1, -0.05) is 6.92 Å². The minimum atomic E-state index is -1.95. The highest BCUT2D eigenvalue weighted by atomic mass is 28.4. The largest absolute Gasteiger partial charge is 0.395 e. The highest BCUT2D eigenvalue weighted by molar-refractivity contribution is 6.66. The summed E-state index contributed by atoms with van der Waals surface area (Å²) in [7, 11) is -1.95. The molecule has 0 saturated carbocycles. The standard InChI is InChI=1S/C14H30O4Si/c1-5-14(12-16-13-14)11-15-9-8-10-19(4,17-6-2)18-7-3/h5-13H2,1-4H3. The molecule has 0 aromatic heterocycles. The maximum atomic E-state index is 5.81. The second kappa shape index (κ2) is 8.37. The van der Waals surface area contributed by atoms with E-state index in [1.807, 2.05) is 13.8 Å². The molecule has 0 aliphatic carbocycles. The van der Waals surface area contributed by atoms with Gasteiger partial charge in [0.2, 0.25) is 0 Å². The van der Waals surface area contributed by atoms with E-state index in [1.165, 1.54) is 0 Å². The van der Waals surface area contributed by atoms with E-state index in [0.29, 0.717) is 5.41 Å². The Morgan fingerprint density at radius 1 is 1.11 bits per heavy atom. The van der Waals surface area contributed by atoms with Gasteiger partial charge in [0, 0.05) is 25.2 Å². The molecule has 1 fully saturated rings. The van der Waals surface area contributed by atoms with Crippen molar-refractivity contribution in [3.8, 4) is 0 Å². The van der Waals surface area contributed by atoms with E-state index < -0.39 is 8.56 Å². The van der Waals surface area contributed by atoms with Crippen molar-refractivity contribution in [3.05, 3.63) is 0 Å². The molecule has 0 radical (unpaired) electrons. The summed E-state index contributed by atoms with van der Waals surface area (Å²) in [4.78, 5) is 0. The lowest BCUT2D eigenvalue weighted by molar-refractivity contribution is -0.150. The van der Waals surface area contributed by atoms with E-state index in [1.54, 1.807) is 0 Å². The highest BCUT2D eigenvalue weighted by Crippen LogP contribution is 2.31. The van der Waals surface area contributed by atoms with Crippen LogP contribution in [0.2, 0.25) is 12.6 Å².